The van der Waals surface area contributed by atoms with E-state index in [1.54, 1.807) is 18.2 Å². The fourth-order valence-electron chi connectivity index (χ4n) is 3.97. The second-order valence-corrected chi connectivity index (χ2v) is 10.7. The minimum Gasteiger partial charge on any atom is -0.493 e. The van der Waals surface area contributed by atoms with Crippen LogP contribution in [0.3, 0.4) is 0 Å². The van der Waals surface area contributed by atoms with Gasteiger partial charge in [-0.15, -0.1) is 0 Å². The van der Waals surface area contributed by atoms with Gasteiger partial charge in [0.2, 0.25) is 5.17 Å². The molecule has 0 aliphatic carbocycles. The van der Waals surface area contributed by atoms with E-state index in [9.17, 15) is 4.79 Å². The highest BCUT2D eigenvalue weighted by Crippen LogP contribution is 2.38. The minimum atomic E-state index is -0.557. The van der Waals surface area contributed by atoms with E-state index < -0.39 is 5.91 Å². The summed E-state index contributed by atoms with van der Waals surface area (Å²) in [4.78, 5) is 17.0. The molecule has 5 rings (SSSR count). The number of ether oxygens (including phenoxy) is 3. The highest BCUT2D eigenvalue weighted by Gasteiger charge is 2.36. The van der Waals surface area contributed by atoms with Crippen molar-refractivity contribution >= 4 is 63.0 Å². The number of hydrazone groups is 1. The SMILES string of the molecule is COc1cc(/C=C2/C(=N)N3N=C(c4ccccc4Cl)SC3=NC2=O)cc(Cl)c1OCCOc1ccc(C)c(C)c1. The molecule has 1 amide bonds. The number of nitrogens with one attached hydrogen (secondary N) is 1. The molecule has 0 atom stereocenters. The number of fused-ring (bicyclic) bond motifs is 1. The normalized spacial score (nSPS) is 15.6. The number of aryl methyl sites for hydroxylation is 2. The van der Waals surface area contributed by atoms with Gasteiger partial charge in [0, 0.05) is 5.56 Å². The second kappa shape index (κ2) is 11.8. The van der Waals surface area contributed by atoms with Crippen molar-refractivity contribution in [3.8, 4) is 17.2 Å². The zero-order chi connectivity index (χ0) is 28.4. The molecule has 0 saturated carbocycles. The van der Waals surface area contributed by atoms with Crippen molar-refractivity contribution in [3.63, 3.8) is 0 Å². The van der Waals surface area contributed by atoms with Gasteiger partial charge < -0.3 is 14.2 Å². The first-order chi connectivity index (χ1) is 19.2. The maximum Gasteiger partial charge on any atom is 0.283 e. The Hall–Kier alpha value is -3.79. The number of nitrogens with zero attached hydrogens (tertiary/aromatic N) is 3. The van der Waals surface area contributed by atoms with Crippen LogP contribution in [-0.4, -0.2) is 47.3 Å². The number of aliphatic imine (C=N–C) groups is 1. The van der Waals surface area contributed by atoms with E-state index in [-0.39, 0.29) is 23.0 Å². The third-order valence-corrected chi connectivity index (χ3v) is 7.75. The molecule has 0 saturated heterocycles. The van der Waals surface area contributed by atoms with Crippen LogP contribution < -0.4 is 14.2 Å². The van der Waals surface area contributed by atoms with Crippen LogP contribution in [0.2, 0.25) is 10.0 Å². The molecule has 2 aliphatic rings. The molecule has 3 aromatic carbocycles. The lowest BCUT2D eigenvalue weighted by Gasteiger charge is -2.20. The van der Waals surface area contributed by atoms with Crippen molar-refractivity contribution in [2.24, 2.45) is 10.1 Å². The van der Waals surface area contributed by atoms with E-state index in [1.807, 2.05) is 50.2 Å². The molecule has 0 fully saturated rings. The lowest BCUT2D eigenvalue weighted by molar-refractivity contribution is -0.114. The van der Waals surface area contributed by atoms with Gasteiger partial charge in [-0.3, -0.25) is 10.2 Å². The number of hydrogen-bond donors (Lipinski definition) is 1. The second-order valence-electron chi connectivity index (χ2n) is 8.88. The van der Waals surface area contributed by atoms with Crippen molar-refractivity contribution in [1.29, 1.82) is 5.41 Å². The molecule has 2 aliphatic heterocycles. The first-order valence-electron chi connectivity index (χ1n) is 12.2. The number of carbonyl (C=O) groups is 1. The minimum absolute atomic E-state index is 0.0575. The number of thioether (sulfide) groups is 1. The van der Waals surface area contributed by atoms with Gasteiger partial charge >= 0.3 is 0 Å². The fourth-order valence-corrected chi connectivity index (χ4v) is 5.46. The summed E-state index contributed by atoms with van der Waals surface area (Å²) in [5.74, 6) is 0.823. The maximum atomic E-state index is 12.9. The zero-order valence-electron chi connectivity index (χ0n) is 21.8. The largest absolute Gasteiger partial charge is 0.493 e. The number of rotatable bonds is 8. The van der Waals surface area contributed by atoms with E-state index in [0.717, 1.165) is 11.3 Å². The molecule has 8 nitrogen and oxygen atoms in total. The van der Waals surface area contributed by atoms with Crippen LogP contribution in [0.25, 0.3) is 6.08 Å². The van der Waals surface area contributed by atoms with E-state index in [1.165, 1.54) is 35.5 Å². The van der Waals surface area contributed by atoms with Crippen molar-refractivity contribution in [3.05, 3.63) is 92.5 Å². The number of halogens is 2. The third kappa shape index (κ3) is 5.72. The Morgan fingerprint density at radius 3 is 2.52 bits per heavy atom. The Bertz CT molecular complexity index is 1620. The van der Waals surface area contributed by atoms with Crippen molar-refractivity contribution < 1.29 is 19.0 Å². The molecular formula is C29H24Cl2N4O4S. The van der Waals surface area contributed by atoms with Crippen LogP contribution in [0.5, 0.6) is 17.2 Å². The molecular weight excluding hydrogens is 571 g/mol. The Morgan fingerprint density at radius 1 is 1.00 bits per heavy atom. The third-order valence-electron chi connectivity index (χ3n) is 6.20. The molecule has 0 bridgehead atoms. The zero-order valence-corrected chi connectivity index (χ0v) is 24.2. The van der Waals surface area contributed by atoms with E-state index >= 15 is 0 Å². The fraction of sp³-hybridized carbons (Fsp3) is 0.172. The highest BCUT2D eigenvalue weighted by atomic mass is 35.5. The number of amides is 1. The maximum absolute atomic E-state index is 12.9. The number of benzene rings is 3. The topological polar surface area (TPSA) is 96.6 Å². The summed E-state index contributed by atoms with van der Waals surface area (Å²) in [6.45, 7) is 4.63. The number of carbonyl (C=O) groups excluding carboxylic acids is 1. The summed E-state index contributed by atoms with van der Waals surface area (Å²) >= 11 is 14.0. The lowest BCUT2D eigenvalue weighted by Crippen LogP contribution is -2.35. The predicted molar refractivity (Wildman–Crippen MR) is 160 cm³/mol. The molecule has 0 spiro atoms. The monoisotopic (exact) mass is 594 g/mol. The molecule has 204 valence electrons. The van der Waals surface area contributed by atoms with Gasteiger partial charge in [-0.05, 0) is 78.7 Å². The van der Waals surface area contributed by atoms with Crippen molar-refractivity contribution in [2.75, 3.05) is 20.3 Å². The van der Waals surface area contributed by atoms with Crippen LogP contribution in [0.1, 0.15) is 22.3 Å². The molecule has 11 heteroatoms. The molecule has 0 aromatic heterocycles. The molecule has 0 radical (unpaired) electrons. The molecule has 0 unspecified atom stereocenters. The van der Waals surface area contributed by atoms with Gasteiger partial charge in [-0.2, -0.15) is 15.1 Å². The van der Waals surface area contributed by atoms with E-state index in [0.29, 0.717) is 44.5 Å². The Balaban J connectivity index is 1.32. The number of hydrogen-bond acceptors (Lipinski definition) is 7. The predicted octanol–water partition coefficient (Wildman–Crippen LogP) is 6.74. The van der Waals surface area contributed by atoms with Crippen LogP contribution in [0.15, 0.2) is 70.3 Å². The summed E-state index contributed by atoms with van der Waals surface area (Å²) in [5, 5.41) is 16.1. The molecule has 2 heterocycles. The standard InChI is InChI=1S/C29H24Cl2N4O4S/c1-16-8-9-19(12-17(16)2)38-10-11-39-25-23(31)14-18(15-24(25)37-3)13-21-26(32)35-29(33-27(21)36)40-28(34-35)20-6-4-5-7-22(20)30/h4-9,12-15,32H,10-11H2,1-3H3/b21-13-,32-26?. The average Bonchev–Trinajstić information content (AvgIpc) is 3.35. The summed E-state index contributed by atoms with van der Waals surface area (Å²) in [7, 11) is 1.50. The number of amidine groups is 2. The average molecular weight is 596 g/mol. The first kappa shape index (κ1) is 27.8. The van der Waals surface area contributed by atoms with Crippen LogP contribution in [0, 0.1) is 19.3 Å². The smallest absolute Gasteiger partial charge is 0.283 e. The van der Waals surface area contributed by atoms with Gasteiger partial charge in [0.05, 0.1) is 22.7 Å². The van der Waals surface area contributed by atoms with Gasteiger partial charge in [0.15, 0.2) is 17.3 Å². The lowest BCUT2D eigenvalue weighted by atomic mass is 10.1. The van der Waals surface area contributed by atoms with Gasteiger partial charge in [0.1, 0.15) is 24.0 Å². The quantitative estimate of drug-likeness (QED) is 0.229. The summed E-state index contributed by atoms with van der Waals surface area (Å²) in [5.41, 5.74) is 3.64. The van der Waals surface area contributed by atoms with Crippen LogP contribution >= 0.6 is 35.0 Å². The Labute approximate surface area is 245 Å². The summed E-state index contributed by atoms with van der Waals surface area (Å²) < 4.78 is 17.2. The molecule has 3 aromatic rings. The van der Waals surface area contributed by atoms with Gasteiger partial charge in [0.25, 0.3) is 5.91 Å². The molecule has 40 heavy (non-hydrogen) atoms. The molecule has 1 N–H and O–H groups in total. The first-order valence-corrected chi connectivity index (χ1v) is 13.8. The summed E-state index contributed by atoms with van der Waals surface area (Å²) in [6.07, 6.45) is 1.53. The van der Waals surface area contributed by atoms with Crippen molar-refractivity contribution in [2.45, 2.75) is 13.8 Å². The van der Waals surface area contributed by atoms with Gasteiger partial charge in [-0.1, -0.05) is 47.5 Å². The van der Waals surface area contributed by atoms with Crippen LogP contribution in [-0.2, 0) is 4.79 Å². The van der Waals surface area contributed by atoms with E-state index in [4.69, 9.17) is 42.8 Å². The highest BCUT2D eigenvalue weighted by molar-refractivity contribution is 8.27. The van der Waals surface area contributed by atoms with Crippen LogP contribution in [0.4, 0.5) is 0 Å². The Kier molecular flexibility index (Phi) is 8.16. The Morgan fingerprint density at radius 2 is 1.77 bits per heavy atom. The van der Waals surface area contributed by atoms with Crippen molar-refractivity contribution in [1.82, 2.24) is 5.01 Å². The van der Waals surface area contributed by atoms with Gasteiger partial charge in [-0.25, -0.2) is 0 Å². The number of methoxy groups -OCH3 is 1. The summed E-state index contributed by atoms with van der Waals surface area (Å²) in [6, 6.07) is 16.4. The van der Waals surface area contributed by atoms with E-state index in [2.05, 4.69) is 10.1 Å².